The Hall–Kier alpha value is -3.01. The summed E-state index contributed by atoms with van der Waals surface area (Å²) in [6.07, 6.45) is 1.52. The molecule has 9 nitrogen and oxygen atoms in total. The first kappa shape index (κ1) is 19.7. The Kier molecular flexibility index (Phi) is 4.84. The minimum absolute atomic E-state index is 0.0987. The number of rotatable bonds is 5. The number of fused-ring (bicyclic) bond motifs is 1. The number of aryl methyl sites for hydroxylation is 2. The fourth-order valence-electron chi connectivity index (χ4n) is 3.00. The smallest absolute Gasteiger partial charge is 0.337 e. The molecule has 0 atom stereocenters. The van der Waals surface area contributed by atoms with Crippen LogP contribution in [0.5, 0.6) is 0 Å². The SMILES string of the molecule is Cc1ccc(C(=O)O)c(N(C(C)C)S(=O)(=O)c2nc3nccc(C)n3n2)c1C. The monoisotopic (exact) mass is 403 g/mol. The van der Waals surface area contributed by atoms with Gasteiger partial charge in [-0.1, -0.05) is 6.07 Å². The molecule has 0 aliphatic carbocycles. The molecule has 0 spiro atoms. The van der Waals surface area contributed by atoms with Gasteiger partial charge < -0.3 is 5.11 Å². The van der Waals surface area contributed by atoms with Crippen LogP contribution >= 0.6 is 0 Å². The molecule has 0 aliphatic heterocycles. The Morgan fingerprint density at radius 3 is 2.43 bits per heavy atom. The van der Waals surface area contributed by atoms with Gasteiger partial charge in [-0.3, -0.25) is 4.31 Å². The van der Waals surface area contributed by atoms with E-state index in [2.05, 4.69) is 15.1 Å². The van der Waals surface area contributed by atoms with E-state index in [1.807, 2.05) is 0 Å². The molecule has 3 aromatic rings. The summed E-state index contributed by atoms with van der Waals surface area (Å²) in [4.78, 5) is 19.9. The van der Waals surface area contributed by atoms with Crippen molar-refractivity contribution >= 4 is 27.5 Å². The Morgan fingerprint density at radius 1 is 1.18 bits per heavy atom. The van der Waals surface area contributed by atoms with Gasteiger partial charge in [0.25, 0.3) is 10.9 Å². The first-order valence-electron chi connectivity index (χ1n) is 8.62. The van der Waals surface area contributed by atoms with Gasteiger partial charge in [-0.15, -0.1) is 5.10 Å². The van der Waals surface area contributed by atoms with E-state index in [-0.39, 0.29) is 17.0 Å². The molecule has 148 valence electrons. The maximum atomic E-state index is 13.5. The van der Waals surface area contributed by atoms with Gasteiger partial charge in [0.15, 0.2) is 0 Å². The third-order valence-corrected chi connectivity index (χ3v) is 6.28. The molecule has 0 bridgehead atoms. The Bertz CT molecular complexity index is 1180. The lowest BCUT2D eigenvalue weighted by Gasteiger charge is -2.30. The van der Waals surface area contributed by atoms with Gasteiger partial charge in [-0.25, -0.2) is 14.3 Å². The molecule has 0 saturated carbocycles. The van der Waals surface area contributed by atoms with Gasteiger partial charge in [0, 0.05) is 17.9 Å². The van der Waals surface area contributed by atoms with E-state index in [1.54, 1.807) is 46.8 Å². The lowest BCUT2D eigenvalue weighted by atomic mass is 10.0. The van der Waals surface area contributed by atoms with E-state index < -0.39 is 27.2 Å². The number of carboxylic acid groups (broad SMARTS) is 1. The number of anilines is 1. The molecule has 2 heterocycles. The number of hydrogen-bond acceptors (Lipinski definition) is 6. The summed E-state index contributed by atoms with van der Waals surface area (Å²) in [5, 5.41) is 13.3. The number of carboxylic acids is 1. The second-order valence-corrected chi connectivity index (χ2v) is 8.50. The zero-order valence-corrected chi connectivity index (χ0v) is 17.0. The van der Waals surface area contributed by atoms with E-state index in [4.69, 9.17) is 0 Å². The summed E-state index contributed by atoms with van der Waals surface area (Å²) >= 11 is 0. The maximum absolute atomic E-state index is 13.5. The largest absolute Gasteiger partial charge is 0.478 e. The highest BCUT2D eigenvalue weighted by Crippen LogP contribution is 2.33. The average molecular weight is 403 g/mol. The van der Waals surface area contributed by atoms with Crippen LogP contribution in [0.4, 0.5) is 5.69 Å². The van der Waals surface area contributed by atoms with Crippen molar-refractivity contribution in [3.63, 3.8) is 0 Å². The van der Waals surface area contributed by atoms with Crippen molar-refractivity contribution < 1.29 is 18.3 Å². The highest BCUT2D eigenvalue weighted by Gasteiger charge is 2.35. The van der Waals surface area contributed by atoms with Gasteiger partial charge in [0.2, 0.25) is 0 Å². The number of sulfonamides is 1. The van der Waals surface area contributed by atoms with E-state index in [0.29, 0.717) is 11.3 Å². The Morgan fingerprint density at radius 2 is 1.86 bits per heavy atom. The minimum Gasteiger partial charge on any atom is -0.478 e. The van der Waals surface area contributed by atoms with Crippen molar-refractivity contribution in [3.8, 4) is 0 Å². The maximum Gasteiger partial charge on any atom is 0.337 e. The molecular weight excluding hydrogens is 382 g/mol. The van der Waals surface area contributed by atoms with Crippen LogP contribution in [-0.2, 0) is 10.0 Å². The first-order chi connectivity index (χ1) is 13.1. The molecule has 1 aromatic carbocycles. The number of carbonyl (C=O) groups is 1. The second-order valence-electron chi connectivity index (χ2n) is 6.80. The summed E-state index contributed by atoms with van der Waals surface area (Å²) in [5.41, 5.74) is 2.04. The molecule has 0 radical (unpaired) electrons. The van der Waals surface area contributed by atoms with Crippen LogP contribution in [0.2, 0.25) is 0 Å². The van der Waals surface area contributed by atoms with Crippen LogP contribution in [0, 0.1) is 20.8 Å². The fourth-order valence-corrected chi connectivity index (χ4v) is 4.59. The number of benzene rings is 1. The van der Waals surface area contributed by atoms with Gasteiger partial charge in [-0.05, 0) is 57.9 Å². The van der Waals surface area contributed by atoms with E-state index in [9.17, 15) is 18.3 Å². The first-order valence-corrected chi connectivity index (χ1v) is 10.1. The Labute approximate surface area is 162 Å². The standard InChI is InChI=1S/C18H21N5O4S/c1-10(2)23(15-13(5)11(3)6-7-14(15)16(24)25)28(26,27)18-20-17-19-9-8-12(4)22(17)21-18/h6-10H,1-5H3,(H,24,25). The molecule has 28 heavy (non-hydrogen) atoms. The zero-order chi connectivity index (χ0) is 20.8. The molecule has 3 rings (SSSR count). The van der Waals surface area contributed by atoms with Crippen LogP contribution in [0.15, 0.2) is 29.6 Å². The summed E-state index contributed by atoms with van der Waals surface area (Å²) in [5.74, 6) is -1.05. The predicted octanol–water partition coefficient (Wildman–Crippen LogP) is 2.35. The predicted molar refractivity (Wildman–Crippen MR) is 103 cm³/mol. The zero-order valence-electron chi connectivity index (χ0n) is 16.2. The molecule has 0 aliphatic rings. The minimum atomic E-state index is -4.24. The van der Waals surface area contributed by atoms with Crippen LogP contribution in [0.3, 0.4) is 0 Å². The topological polar surface area (TPSA) is 118 Å². The summed E-state index contributed by atoms with van der Waals surface area (Å²) < 4.78 is 29.3. The molecule has 0 saturated heterocycles. The van der Waals surface area contributed by atoms with Crippen LogP contribution in [0.1, 0.15) is 41.0 Å². The van der Waals surface area contributed by atoms with Gasteiger partial charge in [0.1, 0.15) is 0 Å². The molecular formula is C18H21N5O4S. The number of nitrogens with zero attached hydrogens (tertiary/aromatic N) is 5. The number of aromatic carboxylic acids is 1. The van der Waals surface area contributed by atoms with Crippen molar-refractivity contribution in [2.75, 3.05) is 4.31 Å². The van der Waals surface area contributed by atoms with E-state index in [0.717, 1.165) is 9.87 Å². The molecule has 1 N–H and O–H groups in total. The van der Waals surface area contributed by atoms with Gasteiger partial charge in [0.05, 0.1) is 11.3 Å². The van der Waals surface area contributed by atoms with E-state index >= 15 is 0 Å². The Balaban J connectivity index is 2.29. The van der Waals surface area contributed by atoms with Crippen molar-refractivity contribution in [2.45, 2.75) is 45.8 Å². The fraction of sp³-hybridized carbons (Fsp3) is 0.333. The number of aromatic nitrogens is 4. The molecule has 0 fully saturated rings. The normalized spacial score (nSPS) is 11.9. The van der Waals surface area contributed by atoms with Crippen LogP contribution < -0.4 is 4.31 Å². The quantitative estimate of drug-likeness (QED) is 0.695. The third-order valence-electron chi connectivity index (χ3n) is 4.52. The highest BCUT2D eigenvalue weighted by molar-refractivity contribution is 7.92. The van der Waals surface area contributed by atoms with Crippen molar-refractivity contribution in [1.82, 2.24) is 19.6 Å². The number of hydrogen-bond donors (Lipinski definition) is 1. The third kappa shape index (κ3) is 3.09. The van der Waals surface area contributed by atoms with E-state index in [1.165, 1.54) is 16.8 Å². The van der Waals surface area contributed by atoms with Crippen molar-refractivity contribution in [1.29, 1.82) is 0 Å². The van der Waals surface area contributed by atoms with Crippen molar-refractivity contribution in [3.05, 3.63) is 46.8 Å². The average Bonchev–Trinajstić information content (AvgIpc) is 3.05. The summed E-state index contributed by atoms with van der Waals surface area (Å²) in [6.45, 7) is 8.60. The van der Waals surface area contributed by atoms with Crippen LogP contribution in [0.25, 0.3) is 5.78 Å². The lowest BCUT2D eigenvalue weighted by Crippen LogP contribution is -2.39. The summed E-state index contributed by atoms with van der Waals surface area (Å²) in [7, 11) is -4.24. The van der Waals surface area contributed by atoms with Gasteiger partial charge in [-0.2, -0.15) is 13.4 Å². The van der Waals surface area contributed by atoms with Crippen LogP contribution in [-0.4, -0.2) is 45.1 Å². The highest BCUT2D eigenvalue weighted by atomic mass is 32.2. The molecule has 2 aromatic heterocycles. The molecule has 10 heteroatoms. The van der Waals surface area contributed by atoms with Gasteiger partial charge >= 0.3 is 16.0 Å². The molecule has 0 unspecified atom stereocenters. The molecule has 0 amide bonds. The second kappa shape index (κ2) is 6.86. The lowest BCUT2D eigenvalue weighted by molar-refractivity contribution is 0.0697. The van der Waals surface area contributed by atoms with Crippen molar-refractivity contribution in [2.24, 2.45) is 0 Å². The summed E-state index contributed by atoms with van der Waals surface area (Å²) in [6, 6.07) is 4.19.